The van der Waals surface area contributed by atoms with Gasteiger partial charge in [-0.2, -0.15) is 0 Å². The first-order valence-electron chi connectivity index (χ1n) is 9.39. The Hall–Kier alpha value is -2.70. The van der Waals surface area contributed by atoms with Crippen LogP contribution in [0, 0.1) is 0 Å². The number of halogens is 1. The number of likely N-dealkylation sites (N-methyl/N-ethyl adjacent to an activating group) is 1. The lowest BCUT2D eigenvalue weighted by atomic mass is 9.78. The van der Waals surface area contributed by atoms with E-state index in [0.717, 1.165) is 11.3 Å². The van der Waals surface area contributed by atoms with E-state index in [0.29, 0.717) is 17.1 Å². The van der Waals surface area contributed by atoms with E-state index in [1.807, 2.05) is 38.4 Å². The number of quaternary nitrogens is 1. The fourth-order valence-electron chi connectivity index (χ4n) is 4.09. The number of carbonyl (C=O) groups excluding carboxylic acids is 2. The fourth-order valence-corrected chi connectivity index (χ4v) is 4.21. The van der Waals surface area contributed by atoms with Crippen molar-refractivity contribution < 1.29 is 14.1 Å². The smallest absolute Gasteiger partial charge is 0.360 e. The van der Waals surface area contributed by atoms with E-state index in [1.54, 1.807) is 44.6 Å². The number of carbonyl (C=O) groups is 2. The molecule has 1 N–H and O–H groups in total. The van der Waals surface area contributed by atoms with Crippen molar-refractivity contribution in [1.29, 1.82) is 0 Å². The number of allylic oxidation sites excluding steroid dienone is 1. The molecule has 152 valence electrons. The van der Waals surface area contributed by atoms with Gasteiger partial charge in [-0.3, -0.25) is 14.7 Å². The lowest BCUT2D eigenvalue weighted by molar-refractivity contribution is -0.881. The summed E-state index contributed by atoms with van der Waals surface area (Å²) < 4.78 is -0.165. The summed E-state index contributed by atoms with van der Waals surface area (Å²) in [5.74, 6) is -0.149. The van der Waals surface area contributed by atoms with Crippen LogP contribution >= 0.6 is 11.6 Å². The van der Waals surface area contributed by atoms with Crippen LogP contribution in [0.5, 0.6) is 0 Å². The Morgan fingerprint density at radius 3 is 2.48 bits per heavy atom. The predicted molar refractivity (Wildman–Crippen MR) is 115 cm³/mol. The van der Waals surface area contributed by atoms with Crippen LogP contribution in [-0.4, -0.2) is 65.6 Å². The van der Waals surface area contributed by atoms with Gasteiger partial charge in [-0.05, 0) is 55.0 Å². The molecule has 3 rings (SSSR count). The average Bonchev–Trinajstić information content (AvgIpc) is 3.20. The second-order valence-corrected chi connectivity index (χ2v) is 8.19. The highest BCUT2D eigenvalue weighted by molar-refractivity contribution is 6.30. The Balaban J connectivity index is 2.23. The normalized spacial score (nSPS) is 20.7. The minimum absolute atomic E-state index is 0.149. The third-order valence-electron chi connectivity index (χ3n) is 5.68. The van der Waals surface area contributed by atoms with Gasteiger partial charge in [0, 0.05) is 37.1 Å². The second kappa shape index (κ2) is 7.97. The Bertz CT molecular complexity index is 963. The molecular weight excluding hydrogens is 388 g/mol. The van der Waals surface area contributed by atoms with Gasteiger partial charge in [0.05, 0.1) is 12.7 Å². The molecule has 7 heteroatoms. The molecule has 0 saturated carbocycles. The first kappa shape index (κ1) is 21.0. The number of hydrogen-bond acceptors (Lipinski definition) is 3. The van der Waals surface area contributed by atoms with Crippen molar-refractivity contribution >= 4 is 29.6 Å². The summed E-state index contributed by atoms with van der Waals surface area (Å²) in [6.07, 6.45) is 5.34. The van der Waals surface area contributed by atoms with E-state index in [2.05, 4.69) is 9.98 Å². The Kier molecular flexibility index (Phi) is 5.78. The second-order valence-electron chi connectivity index (χ2n) is 7.76. The van der Waals surface area contributed by atoms with Crippen LogP contribution in [0.15, 0.2) is 59.2 Å². The topological polar surface area (TPSA) is 65.5 Å². The lowest BCUT2D eigenvalue weighted by Gasteiger charge is -2.48. The summed E-state index contributed by atoms with van der Waals surface area (Å²) in [6, 6.07) is 10.4. The maximum Gasteiger partial charge on any atom is 0.419 e. The highest BCUT2D eigenvalue weighted by Crippen LogP contribution is 2.39. The zero-order valence-electron chi connectivity index (χ0n) is 17.1. The quantitative estimate of drug-likeness (QED) is 0.595. The molecule has 6 nitrogen and oxygen atoms in total. The van der Waals surface area contributed by atoms with Crippen LogP contribution in [0.1, 0.15) is 23.0 Å². The Labute approximate surface area is 176 Å². The maximum absolute atomic E-state index is 14.0. The van der Waals surface area contributed by atoms with Crippen LogP contribution in [-0.2, 0) is 6.54 Å². The molecule has 0 radical (unpaired) electrons. The van der Waals surface area contributed by atoms with E-state index in [9.17, 15) is 9.59 Å². The van der Waals surface area contributed by atoms with E-state index in [-0.39, 0.29) is 22.8 Å². The number of nitrogens with zero attached hydrogens (tertiary/aromatic N) is 3. The number of aromatic nitrogens is 1. The highest BCUT2D eigenvalue weighted by Gasteiger charge is 2.61. The molecule has 1 aliphatic heterocycles. The number of amides is 2. The van der Waals surface area contributed by atoms with Gasteiger partial charge < -0.3 is 4.98 Å². The van der Waals surface area contributed by atoms with E-state index in [1.165, 1.54) is 4.90 Å². The van der Waals surface area contributed by atoms with Crippen LogP contribution < -0.4 is 0 Å². The minimum atomic E-state index is -1.17. The number of aromatic amines is 1. The summed E-state index contributed by atoms with van der Waals surface area (Å²) >= 11 is 6.03. The molecule has 2 aromatic rings. The van der Waals surface area contributed by atoms with Gasteiger partial charge >= 0.3 is 6.03 Å². The summed E-state index contributed by atoms with van der Waals surface area (Å²) in [6.45, 7) is 2.41. The van der Waals surface area contributed by atoms with Gasteiger partial charge in [-0.1, -0.05) is 11.6 Å². The van der Waals surface area contributed by atoms with Gasteiger partial charge in [-0.15, -0.1) is 0 Å². The number of benzene rings is 1. The molecule has 0 bridgehead atoms. The number of nitrogens with one attached hydrogen (secondary N) is 1. The first-order valence-corrected chi connectivity index (χ1v) is 9.77. The van der Waals surface area contributed by atoms with E-state index in [4.69, 9.17) is 11.6 Å². The number of aliphatic imine (C=N–C) groups is 1. The van der Waals surface area contributed by atoms with Crippen LogP contribution in [0.4, 0.5) is 4.79 Å². The van der Waals surface area contributed by atoms with Gasteiger partial charge in [-0.25, -0.2) is 9.28 Å². The Morgan fingerprint density at radius 1 is 1.24 bits per heavy atom. The summed E-state index contributed by atoms with van der Waals surface area (Å²) in [4.78, 5) is 36.7. The van der Waals surface area contributed by atoms with Crippen molar-refractivity contribution in [3.63, 3.8) is 0 Å². The van der Waals surface area contributed by atoms with Gasteiger partial charge in [0.25, 0.3) is 0 Å². The first-order chi connectivity index (χ1) is 13.7. The molecule has 29 heavy (non-hydrogen) atoms. The van der Waals surface area contributed by atoms with Crippen molar-refractivity contribution in [1.82, 2.24) is 9.88 Å². The monoisotopic (exact) mass is 413 g/mol. The lowest BCUT2D eigenvalue weighted by Crippen LogP contribution is -2.72. The van der Waals surface area contributed by atoms with Crippen molar-refractivity contribution in [2.24, 2.45) is 4.99 Å². The SMILES string of the molecule is CC1=CC=NCC1(C(=O)c1ccc(Cl)cc1)[N+](C)(Cc1ccc[nH]1)C(=O)N(C)C. The molecule has 0 aliphatic carbocycles. The third kappa shape index (κ3) is 3.54. The molecule has 2 amide bonds. The minimum Gasteiger partial charge on any atom is -0.360 e. The van der Waals surface area contributed by atoms with Crippen LogP contribution in [0.2, 0.25) is 5.02 Å². The number of urea groups is 1. The number of H-pyrrole nitrogens is 1. The fraction of sp³-hybridized carbons (Fsp3) is 0.318. The molecule has 0 saturated heterocycles. The molecule has 1 aliphatic rings. The molecule has 0 spiro atoms. The summed E-state index contributed by atoms with van der Waals surface area (Å²) in [5.41, 5.74) is 1.00. The molecule has 2 atom stereocenters. The molecule has 0 fully saturated rings. The molecular formula is C22H26ClN4O2+. The highest BCUT2D eigenvalue weighted by atomic mass is 35.5. The van der Waals surface area contributed by atoms with E-state index < -0.39 is 5.54 Å². The Morgan fingerprint density at radius 2 is 1.93 bits per heavy atom. The predicted octanol–water partition coefficient (Wildman–Crippen LogP) is 3.95. The molecule has 1 aromatic heterocycles. The van der Waals surface area contributed by atoms with Gasteiger partial charge in [0.2, 0.25) is 11.3 Å². The number of rotatable bonds is 5. The molecule has 2 unspecified atom stereocenters. The zero-order valence-corrected chi connectivity index (χ0v) is 17.9. The average molecular weight is 414 g/mol. The van der Waals surface area contributed by atoms with Crippen LogP contribution in [0.3, 0.4) is 0 Å². The molecule has 1 aromatic carbocycles. The molecule has 2 heterocycles. The van der Waals surface area contributed by atoms with Crippen molar-refractivity contribution in [3.05, 3.63) is 70.5 Å². The summed E-state index contributed by atoms with van der Waals surface area (Å²) in [5, 5.41) is 0.553. The number of dihydropyridines is 1. The maximum atomic E-state index is 14.0. The van der Waals surface area contributed by atoms with Crippen LogP contribution in [0.25, 0.3) is 0 Å². The van der Waals surface area contributed by atoms with Crippen molar-refractivity contribution in [3.8, 4) is 0 Å². The number of Topliss-reactive ketones (excluding diaryl/α,β-unsaturated/α-hetero) is 1. The number of hydrogen-bond donors (Lipinski definition) is 1. The number of ketones is 1. The standard InChI is InChI=1S/C22H26ClN4O2/c1-16-11-13-24-15-22(16,20(28)17-7-9-18(23)10-8-17)27(4,21(29)26(2)3)14-19-6-5-12-25-19/h5-13,25H,14-15H2,1-4H3/q+1. The third-order valence-corrected chi connectivity index (χ3v) is 5.93. The van der Waals surface area contributed by atoms with E-state index >= 15 is 0 Å². The van der Waals surface area contributed by atoms with Gasteiger partial charge in [0.1, 0.15) is 13.1 Å². The van der Waals surface area contributed by atoms with Crippen molar-refractivity contribution in [2.45, 2.75) is 19.0 Å². The summed E-state index contributed by atoms with van der Waals surface area (Å²) in [7, 11) is 5.23. The largest absolute Gasteiger partial charge is 0.419 e. The van der Waals surface area contributed by atoms with Crippen molar-refractivity contribution in [2.75, 3.05) is 27.7 Å². The van der Waals surface area contributed by atoms with Gasteiger partial charge in [0.15, 0.2) is 0 Å². The zero-order chi connectivity index (χ0) is 21.2.